The highest BCUT2D eigenvalue weighted by atomic mass is 16.5. The molecule has 3 aromatic rings. The maximum Gasteiger partial charge on any atom is 0.338 e. The number of methoxy groups -OCH3 is 1. The maximum absolute atomic E-state index is 12.9. The Bertz CT molecular complexity index is 1180. The Morgan fingerprint density at radius 2 is 1.77 bits per heavy atom. The second kappa shape index (κ2) is 8.13. The highest BCUT2D eigenvalue weighted by Gasteiger charge is 2.23. The summed E-state index contributed by atoms with van der Waals surface area (Å²) in [5, 5.41) is 22.2. The number of nitrogens with zero attached hydrogens (tertiary/aromatic N) is 2. The number of carbonyl (C=O) groups excluding carboxylic acids is 2. The SMILES string of the molecule is COC(=O)c1cc(C#N)c(O)cc1-c1cc(C(=O)Nc2ccc(C)cc2)c(C)n1C. The first kappa shape index (κ1) is 20.7. The molecule has 0 atom stereocenters. The van der Waals surface area contributed by atoms with Crippen molar-refractivity contribution in [2.24, 2.45) is 7.05 Å². The second-order valence-electron chi connectivity index (χ2n) is 6.93. The fourth-order valence-electron chi connectivity index (χ4n) is 3.19. The molecule has 2 aromatic carbocycles. The van der Waals surface area contributed by atoms with Crippen molar-refractivity contribution < 1.29 is 19.4 Å². The van der Waals surface area contributed by atoms with E-state index in [4.69, 9.17) is 4.74 Å². The molecular formula is C23H21N3O4. The first-order valence-electron chi connectivity index (χ1n) is 9.17. The quantitative estimate of drug-likeness (QED) is 0.643. The molecule has 1 amide bonds. The van der Waals surface area contributed by atoms with Crippen molar-refractivity contribution in [2.75, 3.05) is 12.4 Å². The molecular weight excluding hydrogens is 382 g/mol. The number of aryl methyl sites for hydroxylation is 1. The van der Waals surface area contributed by atoms with E-state index >= 15 is 0 Å². The van der Waals surface area contributed by atoms with Crippen LogP contribution in [-0.4, -0.2) is 28.7 Å². The number of aromatic hydroxyl groups is 1. The number of aromatic nitrogens is 1. The number of hydrogen-bond donors (Lipinski definition) is 2. The zero-order valence-corrected chi connectivity index (χ0v) is 17.1. The number of rotatable bonds is 4. The number of carbonyl (C=O) groups is 2. The van der Waals surface area contributed by atoms with Crippen LogP contribution < -0.4 is 5.32 Å². The van der Waals surface area contributed by atoms with E-state index in [1.165, 1.54) is 19.2 Å². The Morgan fingerprint density at radius 1 is 1.10 bits per heavy atom. The molecule has 0 saturated carbocycles. The van der Waals surface area contributed by atoms with Gasteiger partial charge in [0, 0.05) is 29.7 Å². The van der Waals surface area contributed by atoms with Crippen LogP contribution >= 0.6 is 0 Å². The molecule has 0 aliphatic rings. The molecule has 7 nitrogen and oxygen atoms in total. The van der Waals surface area contributed by atoms with Crippen molar-refractivity contribution >= 4 is 17.6 Å². The number of ether oxygens (including phenoxy) is 1. The van der Waals surface area contributed by atoms with Crippen LogP contribution in [-0.2, 0) is 11.8 Å². The lowest BCUT2D eigenvalue weighted by Gasteiger charge is -2.11. The largest absolute Gasteiger partial charge is 0.507 e. The first-order valence-corrected chi connectivity index (χ1v) is 9.17. The average molecular weight is 403 g/mol. The molecule has 1 aromatic heterocycles. The van der Waals surface area contributed by atoms with Gasteiger partial charge in [0.2, 0.25) is 0 Å². The van der Waals surface area contributed by atoms with E-state index < -0.39 is 5.97 Å². The summed E-state index contributed by atoms with van der Waals surface area (Å²) in [4.78, 5) is 25.1. The number of esters is 1. The van der Waals surface area contributed by atoms with E-state index in [-0.39, 0.29) is 22.8 Å². The zero-order valence-electron chi connectivity index (χ0n) is 17.1. The Kier molecular flexibility index (Phi) is 5.61. The molecule has 1 heterocycles. The van der Waals surface area contributed by atoms with Crippen molar-refractivity contribution in [3.8, 4) is 23.1 Å². The molecule has 0 fully saturated rings. The molecule has 0 saturated heterocycles. The van der Waals surface area contributed by atoms with Crippen LogP contribution in [0, 0.1) is 25.2 Å². The topological polar surface area (TPSA) is 104 Å². The van der Waals surface area contributed by atoms with Gasteiger partial charge in [-0.1, -0.05) is 17.7 Å². The van der Waals surface area contributed by atoms with E-state index in [2.05, 4.69) is 5.32 Å². The predicted molar refractivity (Wildman–Crippen MR) is 112 cm³/mol. The highest BCUT2D eigenvalue weighted by molar-refractivity contribution is 6.06. The minimum Gasteiger partial charge on any atom is -0.507 e. The van der Waals surface area contributed by atoms with Crippen molar-refractivity contribution in [3.05, 3.63) is 70.4 Å². The number of benzene rings is 2. The summed E-state index contributed by atoms with van der Waals surface area (Å²) < 4.78 is 6.58. The molecule has 2 N–H and O–H groups in total. The third-order valence-electron chi connectivity index (χ3n) is 5.03. The summed E-state index contributed by atoms with van der Waals surface area (Å²) >= 11 is 0. The highest BCUT2D eigenvalue weighted by Crippen LogP contribution is 2.33. The van der Waals surface area contributed by atoms with Gasteiger partial charge in [-0.2, -0.15) is 5.26 Å². The molecule has 30 heavy (non-hydrogen) atoms. The third-order valence-corrected chi connectivity index (χ3v) is 5.03. The maximum atomic E-state index is 12.9. The van der Waals surface area contributed by atoms with Gasteiger partial charge in [-0.05, 0) is 44.2 Å². The standard InChI is InChI=1S/C23H21N3O4/c1-13-5-7-16(8-6-13)25-22(28)17-10-20(26(3)14(17)2)18-11-21(27)15(12-24)9-19(18)23(29)30-4/h5-11,27H,1-4H3,(H,25,28). The lowest BCUT2D eigenvalue weighted by molar-refractivity contribution is 0.0601. The van der Waals surface area contributed by atoms with Crippen LogP contribution in [0.25, 0.3) is 11.3 Å². The van der Waals surface area contributed by atoms with Crippen molar-refractivity contribution in [2.45, 2.75) is 13.8 Å². The molecule has 152 valence electrons. The van der Waals surface area contributed by atoms with Gasteiger partial charge < -0.3 is 19.7 Å². The lowest BCUT2D eigenvalue weighted by atomic mass is 10.00. The molecule has 0 radical (unpaired) electrons. The third kappa shape index (κ3) is 3.76. The summed E-state index contributed by atoms with van der Waals surface area (Å²) in [7, 11) is 2.99. The van der Waals surface area contributed by atoms with Gasteiger partial charge in [0.15, 0.2) is 0 Å². The minimum atomic E-state index is -0.647. The Balaban J connectivity index is 2.08. The van der Waals surface area contributed by atoms with Gasteiger partial charge in [-0.3, -0.25) is 4.79 Å². The average Bonchev–Trinajstić information content (AvgIpc) is 3.03. The van der Waals surface area contributed by atoms with Crippen molar-refractivity contribution in [3.63, 3.8) is 0 Å². The summed E-state index contributed by atoms with van der Waals surface area (Å²) in [6.45, 7) is 3.75. The van der Waals surface area contributed by atoms with Gasteiger partial charge in [0.1, 0.15) is 11.8 Å². The molecule has 0 bridgehead atoms. The Morgan fingerprint density at radius 3 is 2.37 bits per heavy atom. The van der Waals surface area contributed by atoms with Crippen LogP contribution in [0.4, 0.5) is 5.69 Å². The monoisotopic (exact) mass is 403 g/mol. The summed E-state index contributed by atoms with van der Waals surface area (Å²) in [5.41, 5.74) is 3.83. The number of nitriles is 1. The zero-order chi connectivity index (χ0) is 22.0. The summed E-state index contributed by atoms with van der Waals surface area (Å²) in [5.74, 6) is -1.20. The van der Waals surface area contributed by atoms with Gasteiger partial charge in [0.25, 0.3) is 5.91 Å². The van der Waals surface area contributed by atoms with Gasteiger partial charge in [0.05, 0.1) is 23.8 Å². The van der Waals surface area contributed by atoms with Crippen LogP contribution in [0.1, 0.15) is 37.5 Å². The Labute approximate surface area is 174 Å². The molecule has 7 heteroatoms. The molecule has 3 rings (SSSR count). The molecule has 0 aliphatic heterocycles. The smallest absolute Gasteiger partial charge is 0.338 e. The van der Waals surface area contributed by atoms with Crippen molar-refractivity contribution in [1.82, 2.24) is 4.57 Å². The second-order valence-corrected chi connectivity index (χ2v) is 6.93. The number of nitrogens with one attached hydrogen (secondary N) is 1. The van der Waals surface area contributed by atoms with Crippen LogP contribution in [0.2, 0.25) is 0 Å². The number of anilines is 1. The first-order chi connectivity index (χ1) is 14.3. The fourth-order valence-corrected chi connectivity index (χ4v) is 3.19. The van der Waals surface area contributed by atoms with Gasteiger partial charge >= 0.3 is 5.97 Å². The van der Waals surface area contributed by atoms with E-state index in [1.807, 2.05) is 37.3 Å². The molecule has 0 aliphatic carbocycles. The number of phenolic OH excluding ortho intramolecular Hbond substituents is 1. The Hall–Kier alpha value is -4.05. The van der Waals surface area contributed by atoms with E-state index in [0.29, 0.717) is 28.2 Å². The summed E-state index contributed by atoms with van der Waals surface area (Å²) in [6.07, 6.45) is 0. The molecule has 0 spiro atoms. The predicted octanol–water partition coefficient (Wildman–Crippen LogP) is 3.93. The van der Waals surface area contributed by atoms with Crippen LogP contribution in [0.3, 0.4) is 0 Å². The van der Waals surface area contributed by atoms with E-state index in [0.717, 1.165) is 5.56 Å². The van der Waals surface area contributed by atoms with Gasteiger partial charge in [-0.25, -0.2) is 4.79 Å². The molecule has 0 unspecified atom stereocenters. The normalized spacial score (nSPS) is 10.4. The van der Waals surface area contributed by atoms with Crippen molar-refractivity contribution in [1.29, 1.82) is 5.26 Å². The summed E-state index contributed by atoms with van der Waals surface area (Å²) in [6, 6.07) is 13.6. The van der Waals surface area contributed by atoms with E-state index in [1.54, 1.807) is 24.6 Å². The number of phenols is 1. The van der Waals surface area contributed by atoms with Crippen LogP contribution in [0.15, 0.2) is 42.5 Å². The van der Waals surface area contributed by atoms with Crippen LogP contribution in [0.5, 0.6) is 5.75 Å². The van der Waals surface area contributed by atoms with E-state index in [9.17, 15) is 20.0 Å². The number of hydrogen-bond acceptors (Lipinski definition) is 5. The lowest BCUT2D eigenvalue weighted by Crippen LogP contribution is -2.12. The fraction of sp³-hybridized carbons (Fsp3) is 0.174. The van der Waals surface area contributed by atoms with Gasteiger partial charge in [-0.15, -0.1) is 0 Å². The number of amides is 1. The minimum absolute atomic E-state index is 0.0394.